The van der Waals surface area contributed by atoms with Gasteiger partial charge in [-0.1, -0.05) is 25.1 Å². The highest BCUT2D eigenvalue weighted by molar-refractivity contribution is 7.99. The van der Waals surface area contributed by atoms with Crippen molar-refractivity contribution in [3.8, 4) is 0 Å². The zero-order chi connectivity index (χ0) is 11.1. The van der Waals surface area contributed by atoms with E-state index in [1.165, 1.54) is 19.8 Å². The number of esters is 1. The van der Waals surface area contributed by atoms with Crippen LogP contribution in [0.4, 0.5) is 0 Å². The number of hydrogen-bond acceptors (Lipinski definition) is 4. The Morgan fingerprint density at radius 3 is 3.07 bits per heavy atom. The molecule has 0 bridgehead atoms. The summed E-state index contributed by atoms with van der Waals surface area (Å²) in [6, 6.07) is 1.84. The van der Waals surface area contributed by atoms with Gasteiger partial charge in [-0.05, 0) is 12.5 Å². The Labute approximate surface area is 94.2 Å². The summed E-state index contributed by atoms with van der Waals surface area (Å²) in [6.07, 6.45) is 3.97. The van der Waals surface area contributed by atoms with E-state index in [0.29, 0.717) is 6.61 Å². The quantitative estimate of drug-likeness (QED) is 0.426. The second-order valence-electron chi connectivity index (χ2n) is 3.22. The highest BCUT2D eigenvalue weighted by Crippen LogP contribution is 2.25. The molecule has 0 saturated heterocycles. The van der Waals surface area contributed by atoms with Crippen LogP contribution in [-0.4, -0.2) is 11.7 Å². The van der Waals surface area contributed by atoms with Crippen molar-refractivity contribution in [1.29, 1.82) is 0 Å². The number of unbranched alkanes of at least 4 members (excludes halogenated alkanes) is 1. The molecule has 0 atom stereocenters. The number of rotatable bonds is 6. The van der Waals surface area contributed by atoms with Crippen LogP contribution in [0.15, 0.2) is 21.8 Å². The fourth-order valence-corrected chi connectivity index (χ4v) is 2.10. The Morgan fingerprint density at radius 2 is 2.40 bits per heavy atom. The second-order valence-corrected chi connectivity index (χ2v) is 4.28. The van der Waals surface area contributed by atoms with Crippen LogP contribution in [-0.2, 0) is 16.1 Å². The van der Waals surface area contributed by atoms with Gasteiger partial charge in [-0.15, -0.1) is 0 Å². The summed E-state index contributed by atoms with van der Waals surface area (Å²) in [4.78, 5) is 10.7. The molecule has 0 aliphatic carbocycles. The van der Waals surface area contributed by atoms with Crippen LogP contribution in [0.25, 0.3) is 0 Å². The Bertz CT molecular complexity index is 307. The lowest BCUT2D eigenvalue weighted by Gasteiger charge is -2.02. The van der Waals surface area contributed by atoms with Gasteiger partial charge in [0.15, 0.2) is 5.09 Å². The van der Waals surface area contributed by atoms with Crippen molar-refractivity contribution in [2.24, 2.45) is 0 Å². The third kappa shape index (κ3) is 4.42. The number of thioether (sulfide) groups is 1. The molecule has 0 aliphatic rings. The molecule has 84 valence electrons. The highest BCUT2D eigenvalue weighted by Gasteiger charge is 2.07. The Hall–Kier alpha value is -0.900. The summed E-state index contributed by atoms with van der Waals surface area (Å²) in [6.45, 7) is 3.87. The lowest BCUT2D eigenvalue weighted by molar-refractivity contribution is -0.142. The van der Waals surface area contributed by atoms with Crippen LogP contribution in [0.1, 0.15) is 32.3 Å². The predicted molar refractivity (Wildman–Crippen MR) is 59.8 cm³/mol. The standard InChI is InChI=1S/C11H16O3S/c1-3-4-7-15-11-10(5-6-13-11)8-14-9(2)12/h5-6H,3-4,7-8H2,1-2H3. The Morgan fingerprint density at radius 1 is 1.60 bits per heavy atom. The molecule has 1 aromatic rings. The van der Waals surface area contributed by atoms with Crippen LogP contribution < -0.4 is 0 Å². The maximum absolute atomic E-state index is 10.7. The summed E-state index contributed by atoms with van der Waals surface area (Å²) in [7, 11) is 0. The first-order valence-electron chi connectivity index (χ1n) is 5.06. The molecule has 0 N–H and O–H groups in total. The first-order valence-corrected chi connectivity index (χ1v) is 6.05. The summed E-state index contributed by atoms with van der Waals surface area (Å²) in [5.41, 5.74) is 0.950. The maximum Gasteiger partial charge on any atom is 0.302 e. The first-order chi connectivity index (χ1) is 7.24. The predicted octanol–water partition coefficient (Wildman–Crippen LogP) is 3.23. The molecule has 0 spiro atoms. The van der Waals surface area contributed by atoms with Gasteiger partial charge in [-0.3, -0.25) is 4.79 Å². The summed E-state index contributed by atoms with van der Waals surface area (Å²) >= 11 is 1.67. The molecular weight excluding hydrogens is 212 g/mol. The summed E-state index contributed by atoms with van der Waals surface area (Å²) in [5.74, 6) is 0.776. The molecule has 1 rings (SSSR count). The van der Waals surface area contributed by atoms with Crippen molar-refractivity contribution in [3.05, 3.63) is 17.9 Å². The van der Waals surface area contributed by atoms with Crippen molar-refractivity contribution in [2.45, 2.75) is 38.4 Å². The summed E-state index contributed by atoms with van der Waals surface area (Å²) in [5, 5.41) is 0.865. The van der Waals surface area contributed by atoms with E-state index in [0.717, 1.165) is 16.4 Å². The van der Waals surface area contributed by atoms with E-state index in [9.17, 15) is 4.79 Å². The minimum Gasteiger partial charge on any atom is -0.461 e. The van der Waals surface area contributed by atoms with Crippen molar-refractivity contribution in [3.63, 3.8) is 0 Å². The number of carbonyl (C=O) groups excluding carboxylic acids is 1. The van der Waals surface area contributed by atoms with Crippen LogP contribution >= 0.6 is 11.8 Å². The monoisotopic (exact) mass is 228 g/mol. The molecule has 15 heavy (non-hydrogen) atoms. The molecule has 0 radical (unpaired) electrons. The van der Waals surface area contributed by atoms with E-state index in [2.05, 4.69) is 6.92 Å². The Kier molecular flexibility index (Phi) is 5.32. The van der Waals surface area contributed by atoms with Crippen molar-refractivity contribution in [2.75, 3.05) is 5.75 Å². The SMILES string of the molecule is CCCCSc1occc1COC(C)=O. The fraction of sp³-hybridized carbons (Fsp3) is 0.545. The normalized spacial score (nSPS) is 10.3. The number of ether oxygens (including phenoxy) is 1. The summed E-state index contributed by atoms with van der Waals surface area (Å²) < 4.78 is 10.2. The van der Waals surface area contributed by atoms with Gasteiger partial charge in [-0.25, -0.2) is 0 Å². The molecule has 0 aromatic carbocycles. The third-order valence-corrected chi connectivity index (χ3v) is 2.98. The van der Waals surface area contributed by atoms with Crippen molar-refractivity contribution < 1.29 is 13.9 Å². The van der Waals surface area contributed by atoms with Crippen LogP contribution in [0.3, 0.4) is 0 Å². The molecule has 0 unspecified atom stereocenters. The van der Waals surface area contributed by atoms with E-state index in [1.807, 2.05) is 6.07 Å². The van der Waals surface area contributed by atoms with Crippen molar-refractivity contribution in [1.82, 2.24) is 0 Å². The molecule has 0 fully saturated rings. The van der Waals surface area contributed by atoms with Gasteiger partial charge >= 0.3 is 5.97 Å². The number of carbonyl (C=O) groups is 1. The molecule has 1 heterocycles. The lowest BCUT2D eigenvalue weighted by atomic mass is 10.4. The lowest BCUT2D eigenvalue weighted by Crippen LogP contribution is -1.98. The first kappa shape index (κ1) is 12.2. The van der Waals surface area contributed by atoms with E-state index in [1.54, 1.807) is 18.0 Å². The van der Waals surface area contributed by atoms with E-state index >= 15 is 0 Å². The Balaban J connectivity index is 2.42. The van der Waals surface area contributed by atoms with Crippen LogP contribution in [0.5, 0.6) is 0 Å². The topological polar surface area (TPSA) is 39.4 Å². The largest absolute Gasteiger partial charge is 0.461 e. The minimum absolute atomic E-state index is 0.263. The van der Waals surface area contributed by atoms with Gasteiger partial charge in [0.05, 0.1) is 6.26 Å². The molecule has 1 aromatic heterocycles. The second kappa shape index (κ2) is 6.56. The van der Waals surface area contributed by atoms with Gasteiger partial charge in [0.25, 0.3) is 0 Å². The van der Waals surface area contributed by atoms with Crippen LogP contribution in [0.2, 0.25) is 0 Å². The molecule has 0 aliphatic heterocycles. The molecular formula is C11H16O3S. The van der Waals surface area contributed by atoms with Gasteiger partial charge < -0.3 is 9.15 Å². The van der Waals surface area contributed by atoms with E-state index in [4.69, 9.17) is 9.15 Å². The van der Waals surface area contributed by atoms with Gasteiger partial charge in [0.1, 0.15) is 6.61 Å². The van der Waals surface area contributed by atoms with Crippen LogP contribution in [0, 0.1) is 0 Å². The highest BCUT2D eigenvalue weighted by atomic mass is 32.2. The average molecular weight is 228 g/mol. The van der Waals surface area contributed by atoms with E-state index < -0.39 is 0 Å². The molecule has 0 amide bonds. The van der Waals surface area contributed by atoms with Crippen molar-refractivity contribution >= 4 is 17.7 Å². The third-order valence-electron chi connectivity index (χ3n) is 1.87. The molecule has 3 nitrogen and oxygen atoms in total. The van der Waals surface area contributed by atoms with Gasteiger partial charge in [0.2, 0.25) is 0 Å². The zero-order valence-corrected chi connectivity index (χ0v) is 9.93. The average Bonchev–Trinajstić information content (AvgIpc) is 2.63. The fourth-order valence-electron chi connectivity index (χ4n) is 1.04. The van der Waals surface area contributed by atoms with E-state index in [-0.39, 0.29) is 5.97 Å². The smallest absolute Gasteiger partial charge is 0.302 e. The zero-order valence-electron chi connectivity index (χ0n) is 9.12. The minimum atomic E-state index is -0.263. The molecule has 0 saturated carbocycles. The van der Waals surface area contributed by atoms with Gasteiger partial charge in [-0.2, -0.15) is 0 Å². The number of furan rings is 1. The number of hydrogen-bond donors (Lipinski definition) is 0. The van der Waals surface area contributed by atoms with Gasteiger partial charge in [0, 0.05) is 18.2 Å². The molecule has 4 heteroatoms. The maximum atomic E-state index is 10.7.